The van der Waals surface area contributed by atoms with E-state index in [0.29, 0.717) is 23.2 Å². The fourth-order valence-electron chi connectivity index (χ4n) is 2.64. The minimum atomic E-state index is 0.309. The number of aldehydes is 1. The van der Waals surface area contributed by atoms with Crippen molar-refractivity contribution in [2.75, 3.05) is 0 Å². The largest absolute Gasteiger partial charge is 0.303 e. The molecule has 76 valence electrons. The van der Waals surface area contributed by atoms with E-state index in [1.54, 1.807) is 0 Å². The van der Waals surface area contributed by atoms with Gasteiger partial charge >= 0.3 is 0 Å². The third kappa shape index (κ3) is 2.55. The predicted molar refractivity (Wildman–Crippen MR) is 55.5 cm³/mol. The summed E-state index contributed by atoms with van der Waals surface area (Å²) in [5.41, 5.74) is 0.386. The Bertz CT molecular complexity index is 182. The lowest BCUT2D eigenvalue weighted by Crippen LogP contribution is -2.33. The Hall–Kier alpha value is -0.330. The highest BCUT2D eigenvalue weighted by atomic mass is 16.1. The SMILES string of the molecule is CC(C)C1CCC(C)(C)CC1C=O. The second-order valence-electron chi connectivity index (χ2n) is 5.61. The fraction of sp³-hybridized carbons (Fsp3) is 0.917. The first-order valence-corrected chi connectivity index (χ1v) is 5.41. The van der Waals surface area contributed by atoms with Crippen molar-refractivity contribution >= 4 is 6.29 Å². The highest BCUT2D eigenvalue weighted by molar-refractivity contribution is 5.54. The van der Waals surface area contributed by atoms with Gasteiger partial charge < -0.3 is 4.79 Å². The summed E-state index contributed by atoms with van der Waals surface area (Å²) in [6, 6.07) is 0. The molecular weight excluding hydrogens is 160 g/mol. The Labute approximate surface area is 81.9 Å². The summed E-state index contributed by atoms with van der Waals surface area (Å²) < 4.78 is 0. The molecule has 1 fully saturated rings. The maximum atomic E-state index is 11.0. The number of rotatable bonds is 2. The molecule has 0 aromatic heterocycles. The topological polar surface area (TPSA) is 17.1 Å². The van der Waals surface area contributed by atoms with Crippen molar-refractivity contribution in [3.63, 3.8) is 0 Å². The zero-order valence-electron chi connectivity index (χ0n) is 9.34. The number of carbonyl (C=O) groups excluding carboxylic acids is 1. The maximum Gasteiger partial charge on any atom is 0.123 e. The van der Waals surface area contributed by atoms with Gasteiger partial charge in [0.05, 0.1) is 0 Å². The van der Waals surface area contributed by atoms with Crippen LogP contribution in [0.4, 0.5) is 0 Å². The first-order chi connectivity index (χ1) is 5.96. The fourth-order valence-corrected chi connectivity index (χ4v) is 2.64. The van der Waals surface area contributed by atoms with Crippen molar-refractivity contribution in [3.05, 3.63) is 0 Å². The summed E-state index contributed by atoms with van der Waals surface area (Å²) in [5.74, 6) is 1.60. The summed E-state index contributed by atoms with van der Waals surface area (Å²) in [7, 11) is 0. The van der Waals surface area contributed by atoms with Crippen LogP contribution in [-0.2, 0) is 4.79 Å². The predicted octanol–water partition coefficient (Wildman–Crippen LogP) is 3.28. The Morgan fingerprint density at radius 2 is 2.00 bits per heavy atom. The lowest BCUT2D eigenvalue weighted by atomic mass is 9.65. The highest BCUT2D eigenvalue weighted by Gasteiger charge is 2.35. The average molecular weight is 182 g/mol. The van der Waals surface area contributed by atoms with Gasteiger partial charge in [-0.15, -0.1) is 0 Å². The van der Waals surface area contributed by atoms with E-state index >= 15 is 0 Å². The molecular formula is C12H22O. The van der Waals surface area contributed by atoms with Crippen molar-refractivity contribution in [1.29, 1.82) is 0 Å². The van der Waals surface area contributed by atoms with Gasteiger partial charge in [-0.25, -0.2) is 0 Å². The van der Waals surface area contributed by atoms with Crippen LogP contribution in [-0.4, -0.2) is 6.29 Å². The summed E-state index contributed by atoms with van der Waals surface area (Å²) >= 11 is 0. The number of hydrogen-bond donors (Lipinski definition) is 0. The lowest BCUT2D eigenvalue weighted by molar-refractivity contribution is -0.115. The Balaban J connectivity index is 2.66. The standard InChI is InChI=1S/C12H22O/c1-9(2)11-5-6-12(3,4)7-10(11)8-13/h8-11H,5-7H2,1-4H3. The van der Waals surface area contributed by atoms with E-state index in [-0.39, 0.29) is 0 Å². The molecule has 0 bridgehead atoms. The van der Waals surface area contributed by atoms with Crippen molar-refractivity contribution < 1.29 is 4.79 Å². The van der Waals surface area contributed by atoms with Crippen molar-refractivity contribution in [2.45, 2.75) is 47.0 Å². The van der Waals surface area contributed by atoms with E-state index < -0.39 is 0 Å². The van der Waals surface area contributed by atoms with E-state index in [1.165, 1.54) is 19.1 Å². The van der Waals surface area contributed by atoms with Crippen LogP contribution >= 0.6 is 0 Å². The van der Waals surface area contributed by atoms with Crippen LogP contribution in [0.3, 0.4) is 0 Å². The van der Waals surface area contributed by atoms with Crippen molar-refractivity contribution in [3.8, 4) is 0 Å². The van der Waals surface area contributed by atoms with Gasteiger partial charge in [0.2, 0.25) is 0 Å². The van der Waals surface area contributed by atoms with Crippen molar-refractivity contribution in [1.82, 2.24) is 0 Å². The molecule has 1 nitrogen and oxygen atoms in total. The van der Waals surface area contributed by atoms with Gasteiger partial charge in [-0.2, -0.15) is 0 Å². The zero-order valence-corrected chi connectivity index (χ0v) is 9.34. The van der Waals surface area contributed by atoms with Gasteiger partial charge in [0.15, 0.2) is 0 Å². The zero-order chi connectivity index (χ0) is 10.1. The smallest absolute Gasteiger partial charge is 0.123 e. The second-order valence-corrected chi connectivity index (χ2v) is 5.61. The third-order valence-electron chi connectivity index (χ3n) is 3.52. The van der Waals surface area contributed by atoms with Crippen LogP contribution in [0.25, 0.3) is 0 Å². The molecule has 1 aliphatic carbocycles. The molecule has 0 saturated heterocycles. The molecule has 1 rings (SSSR count). The van der Waals surface area contributed by atoms with Gasteiger partial charge in [0, 0.05) is 5.92 Å². The summed E-state index contributed by atoms with van der Waals surface area (Å²) in [6.45, 7) is 9.03. The number of hydrogen-bond acceptors (Lipinski definition) is 1. The van der Waals surface area contributed by atoms with Gasteiger partial charge in [-0.3, -0.25) is 0 Å². The third-order valence-corrected chi connectivity index (χ3v) is 3.52. The van der Waals surface area contributed by atoms with E-state index in [2.05, 4.69) is 27.7 Å². The van der Waals surface area contributed by atoms with Gasteiger partial charge in [-0.05, 0) is 36.5 Å². The number of carbonyl (C=O) groups is 1. The molecule has 0 spiro atoms. The molecule has 1 saturated carbocycles. The molecule has 0 N–H and O–H groups in total. The van der Waals surface area contributed by atoms with Gasteiger partial charge in [0.25, 0.3) is 0 Å². The summed E-state index contributed by atoms with van der Waals surface area (Å²) in [6.07, 6.45) is 4.78. The minimum Gasteiger partial charge on any atom is -0.303 e. The molecule has 0 amide bonds. The molecule has 2 atom stereocenters. The average Bonchev–Trinajstić information content (AvgIpc) is 2.01. The highest BCUT2D eigenvalue weighted by Crippen LogP contribution is 2.43. The quantitative estimate of drug-likeness (QED) is 0.599. The van der Waals surface area contributed by atoms with Crippen LogP contribution in [0.5, 0.6) is 0 Å². The van der Waals surface area contributed by atoms with E-state index in [0.717, 1.165) is 6.42 Å². The minimum absolute atomic E-state index is 0.309. The van der Waals surface area contributed by atoms with Crippen LogP contribution in [0, 0.1) is 23.2 Å². The van der Waals surface area contributed by atoms with Gasteiger partial charge in [-0.1, -0.05) is 27.7 Å². The van der Waals surface area contributed by atoms with Crippen LogP contribution in [0.15, 0.2) is 0 Å². The molecule has 0 heterocycles. The van der Waals surface area contributed by atoms with E-state index in [9.17, 15) is 4.79 Å². The molecule has 1 heteroatoms. The first kappa shape index (κ1) is 10.7. The van der Waals surface area contributed by atoms with E-state index in [4.69, 9.17) is 0 Å². The Morgan fingerprint density at radius 1 is 1.38 bits per heavy atom. The molecule has 0 aliphatic heterocycles. The van der Waals surface area contributed by atoms with Crippen molar-refractivity contribution in [2.24, 2.45) is 23.2 Å². The molecule has 2 unspecified atom stereocenters. The van der Waals surface area contributed by atoms with Crippen LogP contribution in [0.2, 0.25) is 0 Å². The van der Waals surface area contributed by atoms with Gasteiger partial charge in [0.1, 0.15) is 6.29 Å². The maximum absolute atomic E-state index is 11.0. The van der Waals surface area contributed by atoms with E-state index in [1.807, 2.05) is 0 Å². The summed E-state index contributed by atoms with van der Waals surface area (Å²) in [5, 5.41) is 0. The monoisotopic (exact) mass is 182 g/mol. The first-order valence-electron chi connectivity index (χ1n) is 5.41. The van der Waals surface area contributed by atoms with Crippen LogP contribution in [0.1, 0.15) is 47.0 Å². The second kappa shape index (κ2) is 3.81. The molecule has 0 aromatic rings. The summed E-state index contributed by atoms with van der Waals surface area (Å²) in [4.78, 5) is 11.0. The Kier molecular flexibility index (Phi) is 3.15. The molecule has 0 radical (unpaired) electrons. The van der Waals surface area contributed by atoms with Crippen LogP contribution < -0.4 is 0 Å². The molecule has 13 heavy (non-hydrogen) atoms. The molecule has 1 aliphatic rings. The Morgan fingerprint density at radius 3 is 2.46 bits per heavy atom. The lowest BCUT2D eigenvalue weighted by Gasteiger charge is -2.40. The molecule has 0 aromatic carbocycles. The normalized spacial score (nSPS) is 33.3.